The maximum absolute atomic E-state index is 12.4. The SMILES string of the molecule is COc1ccccc1CCNc1cncc(C(=O)NCc2ccc(C)cc2)c1. The summed E-state index contributed by atoms with van der Waals surface area (Å²) in [6.07, 6.45) is 4.11. The van der Waals surface area contributed by atoms with Crippen LogP contribution in [-0.4, -0.2) is 24.5 Å². The molecule has 5 heteroatoms. The van der Waals surface area contributed by atoms with Crippen molar-refractivity contribution in [1.82, 2.24) is 10.3 Å². The molecule has 0 saturated heterocycles. The van der Waals surface area contributed by atoms with Crippen molar-refractivity contribution in [3.8, 4) is 5.75 Å². The number of nitrogens with zero attached hydrogens (tertiary/aromatic N) is 1. The summed E-state index contributed by atoms with van der Waals surface area (Å²) in [5.74, 6) is 0.744. The Kier molecular flexibility index (Phi) is 6.63. The van der Waals surface area contributed by atoms with Gasteiger partial charge in [-0.1, -0.05) is 48.0 Å². The molecule has 5 nitrogen and oxygen atoms in total. The summed E-state index contributed by atoms with van der Waals surface area (Å²) in [7, 11) is 1.68. The third-order valence-corrected chi connectivity index (χ3v) is 4.49. The predicted octanol–water partition coefficient (Wildman–Crippen LogP) is 3.98. The molecule has 0 saturated carbocycles. The van der Waals surface area contributed by atoms with Crippen molar-refractivity contribution < 1.29 is 9.53 Å². The van der Waals surface area contributed by atoms with Crippen molar-refractivity contribution in [3.05, 3.63) is 89.2 Å². The lowest BCUT2D eigenvalue weighted by Crippen LogP contribution is -2.23. The Morgan fingerprint density at radius 1 is 1.07 bits per heavy atom. The fourth-order valence-electron chi connectivity index (χ4n) is 2.90. The predicted molar refractivity (Wildman–Crippen MR) is 112 cm³/mol. The molecule has 2 aromatic carbocycles. The first-order chi connectivity index (χ1) is 13.7. The van der Waals surface area contributed by atoms with E-state index in [0.29, 0.717) is 12.1 Å². The zero-order chi connectivity index (χ0) is 19.8. The second-order valence-corrected chi connectivity index (χ2v) is 6.62. The van der Waals surface area contributed by atoms with Gasteiger partial charge in [0.2, 0.25) is 0 Å². The third kappa shape index (κ3) is 5.33. The summed E-state index contributed by atoms with van der Waals surface area (Å²) < 4.78 is 5.38. The Morgan fingerprint density at radius 3 is 2.64 bits per heavy atom. The first-order valence-corrected chi connectivity index (χ1v) is 9.30. The van der Waals surface area contributed by atoms with E-state index in [-0.39, 0.29) is 5.91 Å². The minimum absolute atomic E-state index is 0.138. The van der Waals surface area contributed by atoms with Crippen LogP contribution in [0.1, 0.15) is 27.0 Å². The number of ether oxygens (including phenoxy) is 1. The van der Waals surface area contributed by atoms with Gasteiger partial charge in [0.05, 0.1) is 18.4 Å². The highest BCUT2D eigenvalue weighted by Gasteiger charge is 2.07. The molecule has 0 fully saturated rings. The molecule has 0 bridgehead atoms. The Labute approximate surface area is 165 Å². The van der Waals surface area contributed by atoms with Crippen LogP contribution < -0.4 is 15.4 Å². The fourth-order valence-corrected chi connectivity index (χ4v) is 2.90. The minimum Gasteiger partial charge on any atom is -0.496 e. The van der Waals surface area contributed by atoms with Crippen LogP contribution in [0.15, 0.2) is 67.0 Å². The summed E-state index contributed by atoms with van der Waals surface area (Å²) in [5.41, 5.74) is 4.76. The van der Waals surface area contributed by atoms with Gasteiger partial charge < -0.3 is 15.4 Å². The van der Waals surface area contributed by atoms with E-state index in [0.717, 1.165) is 35.5 Å². The zero-order valence-corrected chi connectivity index (χ0v) is 16.2. The number of rotatable bonds is 8. The van der Waals surface area contributed by atoms with Crippen LogP contribution in [0.4, 0.5) is 5.69 Å². The number of carbonyl (C=O) groups is 1. The van der Waals surface area contributed by atoms with Crippen LogP contribution in [0.5, 0.6) is 5.75 Å². The van der Waals surface area contributed by atoms with Gasteiger partial charge in [0, 0.05) is 25.5 Å². The molecule has 3 aromatic rings. The lowest BCUT2D eigenvalue weighted by Gasteiger charge is -2.11. The molecule has 0 radical (unpaired) electrons. The number of para-hydroxylation sites is 1. The minimum atomic E-state index is -0.138. The molecule has 0 aliphatic carbocycles. The maximum atomic E-state index is 12.4. The monoisotopic (exact) mass is 375 g/mol. The maximum Gasteiger partial charge on any atom is 0.253 e. The van der Waals surface area contributed by atoms with Crippen LogP contribution in [0.2, 0.25) is 0 Å². The molecular weight excluding hydrogens is 350 g/mol. The second kappa shape index (κ2) is 9.55. The lowest BCUT2D eigenvalue weighted by atomic mass is 10.1. The topological polar surface area (TPSA) is 63.2 Å². The van der Waals surface area contributed by atoms with E-state index in [9.17, 15) is 4.79 Å². The molecule has 0 atom stereocenters. The van der Waals surface area contributed by atoms with E-state index in [1.807, 2.05) is 61.5 Å². The average Bonchev–Trinajstić information content (AvgIpc) is 2.73. The number of hydrogen-bond acceptors (Lipinski definition) is 4. The molecule has 0 aliphatic heterocycles. The van der Waals surface area contributed by atoms with Gasteiger partial charge in [0.1, 0.15) is 5.75 Å². The molecule has 3 rings (SSSR count). The number of aryl methyl sites for hydroxylation is 1. The van der Waals surface area contributed by atoms with Gasteiger partial charge in [-0.25, -0.2) is 0 Å². The van der Waals surface area contributed by atoms with Crippen LogP contribution in [0, 0.1) is 6.92 Å². The Hall–Kier alpha value is -3.34. The average molecular weight is 375 g/mol. The van der Waals surface area contributed by atoms with Crippen molar-refractivity contribution in [1.29, 1.82) is 0 Å². The Balaban J connectivity index is 1.54. The van der Waals surface area contributed by atoms with Crippen LogP contribution in [0.25, 0.3) is 0 Å². The normalized spacial score (nSPS) is 10.4. The summed E-state index contributed by atoms with van der Waals surface area (Å²) in [5, 5.41) is 6.26. The molecular formula is C23H25N3O2. The van der Waals surface area contributed by atoms with Crippen LogP contribution in [-0.2, 0) is 13.0 Å². The molecule has 1 heterocycles. The van der Waals surface area contributed by atoms with E-state index >= 15 is 0 Å². The van der Waals surface area contributed by atoms with Gasteiger partial charge in [-0.15, -0.1) is 0 Å². The van der Waals surface area contributed by atoms with Gasteiger partial charge in [0.25, 0.3) is 5.91 Å². The highest BCUT2D eigenvalue weighted by atomic mass is 16.5. The summed E-state index contributed by atoms with van der Waals surface area (Å²) in [4.78, 5) is 16.6. The number of carbonyl (C=O) groups excluding carboxylic acids is 1. The van der Waals surface area contributed by atoms with Crippen molar-refractivity contribution in [3.63, 3.8) is 0 Å². The second-order valence-electron chi connectivity index (χ2n) is 6.62. The number of hydrogen-bond donors (Lipinski definition) is 2. The van der Waals surface area contributed by atoms with Gasteiger partial charge in [0.15, 0.2) is 0 Å². The quantitative estimate of drug-likeness (QED) is 0.625. The molecule has 0 spiro atoms. The highest BCUT2D eigenvalue weighted by Crippen LogP contribution is 2.18. The molecule has 28 heavy (non-hydrogen) atoms. The number of amides is 1. The first kappa shape index (κ1) is 19.4. The molecule has 0 aliphatic rings. The fraction of sp³-hybridized carbons (Fsp3) is 0.217. The van der Waals surface area contributed by atoms with E-state index in [1.165, 1.54) is 5.56 Å². The summed E-state index contributed by atoms with van der Waals surface area (Å²) in [6, 6.07) is 17.9. The summed E-state index contributed by atoms with van der Waals surface area (Å²) >= 11 is 0. The van der Waals surface area contributed by atoms with Crippen LogP contribution in [0.3, 0.4) is 0 Å². The number of benzene rings is 2. The van der Waals surface area contributed by atoms with Gasteiger partial charge in [-0.2, -0.15) is 0 Å². The molecule has 0 unspecified atom stereocenters. The van der Waals surface area contributed by atoms with Crippen LogP contribution >= 0.6 is 0 Å². The standard InChI is InChI=1S/C23H25N3O2/c1-17-7-9-18(10-8-17)14-26-23(27)20-13-21(16-24-15-20)25-12-11-19-5-3-4-6-22(19)28-2/h3-10,13,15-16,25H,11-12,14H2,1-2H3,(H,26,27). The van der Waals surface area contributed by atoms with Crippen molar-refractivity contribution in [2.75, 3.05) is 19.0 Å². The summed E-state index contributed by atoms with van der Waals surface area (Å²) in [6.45, 7) is 3.25. The van der Waals surface area contributed by atoms with Gasteiger partial charge in [-0.05, 0) is 36.6 Å². The smallest absolute Gasteiger partial charge is 0.253 e. The van der Waals surface area contributed by atoms with E-state index in [2.05, 4.69) is 15.6 Å². The number of nitrogens with one attached hydrogen (secondary N) is 2. The van der Waals surface area contributed by atoms with E-state index in [1.54, 1.807) is 19.5 Å². The number of anilines is 1. The number of pyridine rings is 1. The number of aromatic nitrogens is 1. The van der Waals surface area contributed by atoms with Gasteiger partial charge >= 0.3 is 0 Å². The van der Waals surface area contributed by atoms with Crippen molar-refractivity contribution >= 4 is 11.6 Å². The third-order valence-electron chi connectivity index (χ3n) is 4.49. The Morgan fingerprint density at radius 2 is 1.86 bits per heavy atom. The van der Waals surface area contributed by atoms with E-state index in [4.69, 9.17) is 4.74 Å². The van der Waals surface area contributed by atoms with Crippen molar-refractivity contribution in [2.24, 2.45) is 0 Å². The molecule has 2 N–H and O–H groups in total. The molecule has 144 valence electrons. The van der Waals surface area contributed by atoms with Gasteiger partial charge in [-0.3, -0.25) is 9.78 Å². The highest BCUT2D eigenvalue weighted by molar-refractivity contribution is 5.94. The zero-order valence-electron chi connectivity index (χ0n) is 16.2. The molecule has 1 amide bonds. The first-order valence-electron chi connectivity index (χ1n) is 9.30. The lowest BCUT2D eigenvalue weighted by molar-refractivity contribution is 0.0950. The Bertz CT molecular complexity index is 923. The van der Waals surface area contributed by atoms with Crippen molar-refractivity contribution in [2.45, 2.75) is 19.9 Å². The number of methoxy groups -OCH3 is 1. The largest absolute Gasteiger partial charge is 0.496 e. The van der Waals surface area contributed by atoms with E-state index < -0.39 is 0 Å². The molecule has 1 aromatic heterocycles.